The van der Waals surface area contributed by atoms with Crippen LogP contribution in [0.3, 0.4) is 0 Å². The molecule has 0 aliphatic rings. The summed E-state index contributed by atoms with van der Waals surface area (Å²) in [6.45, 7) is 0.377. The number of benzene rings is 3. The lowest BCUT2D eigenvalue weighted by Gasteiger charge is -2.10. The van der Waals surface area contributed by atoms with Gasteiger partial charge in [0, 0.05) is 27.7 Å². The fraction of sp³-hybridized carbons (Fsp3) is 0.0417. The minimum Gasteiger partial charge on any atom is -0.506 e. The van der Waals surface area contributed by atoms with E-state index in [1.807, 2.05) is 42.5 Å². The molecular formula is C24H17Cl2N3O3. The van der Waals surface area contributed by atoms with Crippen LogP contribution >= 0.6 is 23.2 Å². The van der Waals surface area contributed by atoms with Gasteiger partial charge in [0.15, 0.2) is 0 Å². The van der Waals surface area contributed by atoms with Gasteiger partial charge in [0.2, 0.25) is 0 Å². The standard InChI is InChI=1S/C24H17Cl2N3O3/c25-18-7-4-15(5-8-18)14-32-22-3-1-2-19-17(10-11-27-23(19)22)13-28-29-24(31)16-6-9-21(30)20(26)12-16/h1-13,30H,14H2,(H,29,31). The number of para-hydroxylation sites is 1. The van der Waals surface area contributed by atoms with E-state index in [0.717, 1.165) is 16.5 Å². The Morgan fingerprint density at radius 1 is 1.09 bits per heavy atom. The van der Waals surface area contributed by atoms with Crippen molar-refractivity contribution in [2.45, 2.75) is 6.61 Å². The number of rotatable bonds is 6. The van der Waals surface area contributed by atoms with Crippen LogP contribution in [0.25, 0.3) is 10.9 Å². The second kappa shape index (κ2) is 9.68. The number of pyridine rings is 1. The fourth-order valence-electron chi connectivity index (χ4n) is 3.01. The van der Waals surface area contributed by atoms with E-state index >= 15 is 0 Å². The number of nitrogens with zero attached hydrogens (tertiary/aromatic N) is 2. The third kappa shape index (κ3) is 4.99. The molecule has 32 heavy (non-hydrogen) atoms. The molecule has 160 valence electrons. The number of aromatic nitrogens is 1. The largest absolute Gasteiger partial charge is 0.506 e. The first-order valence-corrected chi connectivity index (χ1v) is 10.3. The molecule has 0 radical (unpaired) electrons. The maximum Gasteiger partial charge on any atom is 0.271 e. The lowest BCUT2D eigenvalue weighted by atomic mass is 10.1. The predicted octanol–water partition coefficient (Wildman–Crippen LogP) is 5.59. The lowest BCUT2D eigenvalue weighted by molar-refractivity contribution is 0.0955. The van der Waals surface area contributed by atoms with Gasteiger partial charge in [0.25, 0.3) is 5.91 Å². The van der Waals surface area contributed by atoms with E-state index < -0.39 is 5.91 Å². The van der Waals surface area contributed by atoms with Crippen LogP contribution in [0, 0.1) is 0 Å². The molecule has 4 rings (SSSR count). The molecule has 0 bridgehead atoms. The Bertz CT molecular complexity index is 1310. The number of aromatic hydroxyl groups is 1. The van der Waals surface area contributed by atoms with Crippen molar-refractivity contribution >= 4 is 46.2 Å². The van der Waals surface area contributed by atoms with Crippen molar-refractivity contribution < 1.29 is 14.6 Å². The molecule has 0 saturated carbocycles. The molecule has 0 aliphatic heterocycles. The van der Waals surface area contributed by atoms with Gasteiger partial charge in [-0.2, -0.15) is 5.10 Å². The van der Waals surface area contributed by atoms with Crippen molar-refractivity contribution in [3.8, 4) is 11.5 Å². The van der Waals surface area contributed by atoms with Crippen molar-refractivity contribution in [1.82, 2.24) is 10.4 Å². The summed E-state index contributed by atoms with van der Waals surface area (Å²) in [5.74, 6) is 0.0908. The molecule has 4 aromatic rings. The van der Waals surface area contributed by atoms with E-state index in [1.165, 1.54) is 24.4 Å². The second-order valence-electron chi connectivity index (χ2n) is 6.83. The Hall–Kier alpha value is -3.61. The van der Waals surface area contributed by atoms with Crippen LogP contribution in [0.1, 0.15) is 21.5 Å². The highest BCUT2D eigenvalue weighted by atomic mass is 35.5. The summed E-state index contributed by atoms with van der Waals surface area (Å²) in [6, 6.07) is 19.0. The van der Waals surface area contributed by atoms with Crippen LogP contribution in [0.5, 0.6) is 11.5 Å². The van der Waals surface area contributed by atoms with Crippen molar-refractivity contribution in [3.63, 3.8) is 0 Å². The highest BCUT2D eigenvalue weighted by molar-refractivity contribution is 6.32. The average Bonchev–Trinajstić information content (AvgIpc) is 2.80. The molecule has 0 unspecified atom stereocenters. The number of amides is 1. The maximum absolute atomic E-state index is 12.3. The van der Waals surface area contributed by atoms with Crippen molar-refractivity contribution in [1.29, 1.82) is 0 Å². The molecule has 3 aromatic carbocycles. The first-order chi connectivity index (χ1) is 15.5. The van der Waals surface area contributed by atoms with Gasteiger partial charge < -0.3 is 9.84 Å². The Kier molecular flexibility index (Phi) is 6.54. The van der Waals surface area contributed by atoms with E-state index in [2.05, 4.69) is 15.5 Å². The molecule has 0 aliphatic carbocycles. The maximum atomic E-state index is 12.3. The van der Waals surface area contributed by atoms with Gasteiger partial charge in [-0.1, -0.05) is 47.5 Å². The number of phenolic OH excluding ortho intramolecular Hbond substituents is 1. The molecule has 2 N–H and O–H groups in total. The number of ether oxygens (including phenoxy) is 1. The number of fused-ring (bicyclic) bond motifs is 1. The number of hydrazone groups is 1. The molecule has 0 fully saturated rings. The van der Waals surface area contributed by atoms with Crippen LogP contribution in [0.4, 0.5) is 0 Å². The summed E-state index contributed by atoms with van der Waals surface area (Å²) in [6.07, 6.45) is 3.19. The first kappa shape index (κ1) is 21.6. The Morgan fingerprint density at radius 2 is 1.91 bits per heavy atom. The predicted molar refractivity (Wildman–Crippen MR) is 126 cm³/mol. The van der Waals surface area contributed by atoms with E-state index in [4.69, 9.17) is 27.9 Å². The number of halogens is 2. The van der Waals surface area contributed by atoms with E-state index in [0.29, 0.717) is 22.9 Å². The molecule has 1 amide bonds. The SMILES string of the molecule is O=C(NN=Cc1ccnc2c(OCc3ccc(Cl)cc3)cccc12)c1ccc(O)c(Cl)c1. The topological polar surface area (TPSA) is 83.8 Å². The average molecular weight is 466 g/mol. The summed E-state index contributed by atoms with van der Waals surface area (Å²) < 4.78 is 5.97. The Labute approximate surface area is 194 Å². The Balaban J connectivity index is 1.50. The molecule has 0 saturated heterocycles. The van der Waals surface area contributed by atoms with Crippen LogP contribution in [-0.2, 0) is 6.61 Å². The minimum atomic E-state index is -0.450. The monoisotopic (exact) mass is 465 g/mol. The zero-order valence-corrected chi connectivity index (χ0v) is 18.1. The number of nitrogens with one attached hydrogen (secondary N) is 1. The van der Waals surface area contributed by atoms with Gasteiger partial charge in [0.1, 0.15) is 23.6 Å². The highest BCUT2D eigenvalue weighted by Gasteiger charge is 2.09. The molecule has 0 spiro atoms. The van der Waals surface area contributed by atoms with E-state index in [9.17, 15) is 9.90 Å². The summed E-state index contributed by atoms with van der Waals surface area (Å²) in [5, 5.41) is 15.1. The fourth-order valence-corrected chi connectivity index (χ4v) is 3.32. The highest BCUT2D eigenvalue weighted by Crippen LogP contribution is 2.26. The van der Waals surface area contributed by atoms with Crippen molar-refractivity contribution in [2.75, 3.05) is 0 Å². The summed E-state index contributed by atoms with van der Waals surface area (Å²) in [4.78, 5) is 16.7. The number of hydrogen-bond acceptors (Lipinski definition) is 5. The summed E-state index contributed by atoms with van der Waals surface area (Å²) in [7, 11) is 0. The summed E-state index contributed by atoms with van der Waals surface area (Å²) in [5.41, 5.74) is 5.16. The molecular weight excluding hydrogens is 449 g/mol. The third-order valence-corrected chi connectivity index (χ3v) is 5.21. The summed E-state index contributed by atoms with van der Waals surface area (Å²) >= 11 is 11.8. The van der Waals surface area contributed by atoms with Crippen molar-refractivity contribution in [2.24, 2.45) is 5.10 Å². The quantitative estimate of drug-likeness (QED) is 0.287. The van der Waals surface area contributed by atoms with Gasteiger partial charge in [-0.05, 0) is 48.0 Å². The van der Waals surface area contributed by atoms with Crippen molar-refractivity contribution in [3.05, 3.63) is 99.7 Å². The number of phenols is 1. The van der Waals surface area contributed by atoms with Gasteiger partial charge in [0.05, 0.1) is 11.2 Å². The number of carbonyl (C=O) groups excluding carboxylic acids is 1. The molecule has 1 aromatic heterocycles. The van der Waals surface area contributed by atoms with E-state index in [1.54, 1.807) is 12.3 Å². The smallest absolute Gasteiger partial charge is 0.271 e. The van der Waals surface area contributed by atoms with Crippen LogP contribution in [0.2, 0.25) is 10.0 Å². The minimum absolute atomic E-state index is 0.0906. The van der Waals surface area contributed by atoms with Crippen LogP contribution in [0.15, 0.2) is 78.0 Å². The Morgan fingerprint density at radius 3 is 2.69 bits per heavy atom. The zero-order chi connectivity index (χ0) is 22.5. The second-order valence-corrected chi connectivity index (χ2v) is 7.68. The van der Waals surface area contributed by atoms with Gasteiger partial charge in [-0.25, -0.2) is 5.43 Å². The van der Waals surface area contributed by atoms with E-state index in [-0.39, 0.29) is 16.3 Å². The number of carbonyl (C=O) groups is 1. The number of hydrogen-bond donors (Lipinski definition) is 2. The van der Waals surface area contributed by atoms with Gasteiger partial charge in [-0.15, -0.1) is 0 Å². The molecule has 1 heterocycles. The lowest BCUT2D eigenvalue weighted by Crippen LogP contribution is -2.17. The first-order valence-electron chi connectivity index (χ1n) is 9.58. The van der Waals surface area contributed by atoms with Gasteiger partial charge >= 0.3 is 0 Å². The normalized spacial score (nSPS) is 11.1. The molecule has 6 nitrogen and oxygen atoms in total. The zero-order valence-electron chi connectivity index (χ0n) is 16.6. The van der Waals surface area contributed by atoms with Crippen LogP contribution < -0.4 is 10.2 Å². The van der Waals surface area contributed by atoms with Crippen LogP contribution in [-0.4, -0.2) is 22.2 Å². The third-order valence-electron chi connectivity index (χ3n) is 4.65. The molecule has 8 heteroatoms. The van der Waals surface area contributed by atoms with Gasteiger partial charge in [-0.3, -0.25) is 9.78 Å². The molecule has 0 atom stereocenters.